The van der Waals surface area contributed by atoms with Crippen molar-refractivity contribution >= 4 is 5.91 Å². The second-order valence-electron chi connectivity index (χ2n) is 4.59. The summed E-state index contributed by atoms with van der Waals surface area (Å²) >= 11 is 0. The third-order valence-corrected chi connectivity index (χ3v) is 3.30. The number of nitrogens with zero attached hydrogens (tertiary/aromatic N) is 1. The van der Waals surface area contributed by atoms with Gasteiger partial charge in [-0.15, -0.1) is 0 Å². The normalized spacial score (nSPS) is 18.0. The maximum atomic E-state index is 12.0. The Kier molecular flexibility index (Phi) is 3.33. The molecular weight excluding hydrogens is 244 g/mol. The van der Waals surface area contributed by atoms with Crippen LogP contribution in [0.1, 0.15) is 17.1 Å². The molecule has 6 heteroatoms. The van der Waals surface area contributed by atoms with E-state index in [2.05, 4.69) is 20.6 Å². The van der Waals surface area contributed by atoms with E-state index in [9.17, 15) is 4.79 Å². The van der Waals surface area contributed by atoms with Crippen molar-refractivity contribution in [1.82, 2.24) is 20.6 Å². The van der Waals surface area contributed by atoms with E-state index in [4.69, 9.17) is 4.42 Å². The van der Waals surface area contributed by atoms with Crippen LogP contribution < -0.4 is 10.6 Å². The Hall–Kier alpha value is -2.08. The lowest BCUT2D eigenvalue weighted by atomic mass is 10.0. The van der Waals surface area contributed by atoms with Crippen LogP contribution >= 0.6 is 0 Å². The molecule has 0 saturated carbocycles. The lowest BCUT2D eigenvalue weighted by Gasteiger charge is -2.22. The summed E-state index contributed by atoms with van der Waals surface area (Å²) in [5.41, 5.74) is 2.05. The molecule has 1 aliphatic heterocycles. The van der Waals surface area contributed by atoms with Crippen LogP contribution in [0.5, 0.6) is 0 Å². The molecule has 19 heavy (non-hydrogen) atoms. The lowest BCUT2D eigenvalue weighted by Crippen LogP contribution is -2.48. The van der Waals surface area contributed by atoms with Crippen molar-refractivity contribution < 1.29 is 9.21 Å². The number of nitrogens with one attached hydrogen (secondary N) is 3. The fourth-order valence-electron chi connectivity index (χ4n) is 2.24. The smallest absolute Gasteiger partial charge is 0.237 e. The number of rotatable bonds is 4. The van der Waals surface area contributed by atoms with Crippen molar-refractivity contribution in [1.29, 1.82) is 0 Å². The summed E-state index contributed by atoms with van der Waals surface area (Å²) in [7, 11) is 0. The summed E-state index contributed by atoms with van der Waals surface area (Å²) in [6.07, 6.45) is 4.65. The number of fused-ring (bicyclic) bond motifs is 1. The second-order valence-corrected chi connectivity index (χ2v) is 4.59. The average molecular weight is 260 g/mol. The fraction of sp³-hybridized carbons (Fsp3) is 0.385. The number of imidazole rings is 1. The van der Waals surface area contributed by atoms with Gasteiger partial charge in [-0.1, -0.05) is 0 Å². The molecular formula is C13H16N4O2. The molecule has 1 atom stereocenters. The van der Waals surface area contributed by atoms with Gasteiger partial charge in [0, 0.05) is 25.9 Å². The summed E-state index contributed by atoms with van der Waals surface area (Å²) in [5.74, 6) is 0.895. The lowest BCUT2D eigenvalue weighted by molar-refractivity contribution is -0.123. The van der Waals surface area contributed by atoms with Crippen molar-refractivity contribution in [2.24, 2.45) is 0 Å². The first kappa shape index (κ1) is 12.0. The summed E-state index contributed by atoms with van der Waals surface area (Å²) < 4.78 is 5.22. The third-order valence-electron chi connectivity index (χ3n) is 3.30. The zero-order valence-corrected chi connectivity index (χ0v) is 10.5. The quantitative estimate of drug-likeness (QED) is 0.742. The molecule has 3 N–H and O–H groups in total. The molecule has 1 unspecified atom stereocenters. The van der Waals surface area contributed by atoms with Crippen LogP contribution in [0, 0.1) is 0 Å². The molecule has 0 fully saturated rings. The summed E-state index contributed by atoms with van der Waals surface area (Å²) in [6.45, 7) is 1.24. The predicted molar refractivity (Wildman–Crippen MR) is 68.3 cm³/mol. The maximum absolute atomic E-state index is 12.0. The highest BCUT2D eigenvalue weighted by molar-refractivity contribution is 5.82. The van der Waals surface area contributed by atoms with Crippen molar-refractivity contribution in [2.75, 3.05) is 6.54 Å². The van der Waals surface area contributed by atoms with Gasteiger partial charge in [0.25, 0.3) is 0 Å². The van der Waals surface area contributed by atoms with E-state index in [1.807, 2.05) is 12.1 Å². The Bertz CT molecular complexity index is 547. The minimum atomic E-state index is -0.201. The highest BCUT2D eigenvalue weighted by Crippen LogP contribution is 2.12. The highest BCUT2D eigenvalue weighted by Gasteiger charge is 2.25. The van der Waals surface area contributed by atoms with Crippen LogP contribution in [0.25, 0.3) is 0 Å². The maximum Gasteiger partial charge on any atom is 0.237 e. The summed E-state index contributed by atoms with van der Waals surface area (Å²) in [6, 6.07) is 3.55. The van der Waals surface area contributed by atoms with Crippen molar-refractivity contribution in [2.45, 2.75) is 25.4 Å². The van der Waals surface area contributed by atoms with Gasteiger partial charge < -0.3 is 14.7 Å². The number of H-pyrrole nitrogens is 1. The van der Waals surface area contributed by atoms with Crippen LogP contribution in [0.4, 0.5) is 0 Å². The first-order chi connectivity index (χ1) is 9.33. The van der Waals surface area contributed by atoms with Crippen LogP contribution in [0.15, 0.2) is 29.1 Å². The van der Waals surface area contributed by atoms with Gasteiger partial charge in [0.15, 0.2) is 0 Å². The third kappa shape index (κ3) is 2.68. The monoisotopic (exact) mass is 260 g/mol. The number of carbonyl (C=O) groups excluding carboxylic acids is 1. The molecule has 1 amide bonds. The van der Waals surface area contributed by atoms with Crippen LogP contribution in [0.2, 0.25) is 0 Å². The van der Waals surface area contributed by atoms with Gasteiger partial charge >= 0.3 is 0 Å². The molecule has 0 bridgehead atoms. The minimum absolute atomic E-state index is 0.0141. The standard InChI is InChI=1S/C13H16N4O2/c18-13(14-4-3-9-2-1-5-19-9)11-6-10-12(7-15-11)17-8-16-10/h1-2,5,8,11,15H,3-4,6-7H2,(H,14,18)(H,16,17). The van der Waals surface area contributed by atoms with E-state index in [0.717, 1.165) is 17.1 Å². The topological polar surface area (TPSA) is 83.0 Å². The van der Waals surface area contributed by atoms with Gasteiger partial charge in [-0.3, -0.25) is 10.1 Å². The van der Waals surface area contributed by atoms with E-state index in [1.165, 1.54) is 0 Å². The SMILES string of the molecule is O=C(NCCc1ccco1)C1Cc2nc[nH]c2CN1. The molecule has 0 aromatic carbocycles. The Morgan fingerprint density at radius 3 is 3.37 bits per heavy atom. The van der Waals surface area contributed by atoms with E-state index in [0.29, 0.717) is 25.9 Å². The van der Waals surface area contributed by atoms with Gasteiger partial charge in [0.05, 0.1) is 30.0 Å². The minimum Gasteiger partial charge on any atom is -0.469 e. The highest BCUT2D eigenvalue weighted by atomic mass is 16.3. The number of amides is 1. The molecule has 0 spiro atoms. The molecule has 0 radical (unpaired) electrons. The molecule has 1 aliphatic rings. The fourth-order valence-corrected chi connectivity index (χ4v) is 2.24. The van der Waals surface area contributed by atoms with E-state index < -0.39 is 0 Å². The van der Waals surface area contributed by atoms with Gasteiger partial charge in [-0.2, -0.15) is 0 Å². The molecule has 3 heterocycles. The number of aromatic nitrogens is 2. The molecule has 0 saturated heterocycles. The van der Waals surface area contributed by atoms with Crippen LogP contribution in [-0.2, 0) is 24.2 Å². The number of aromatic amines is 1. The van der Waals surface area contributed by atoms with Gasteiger partial charge in [0.1, 0.15) is 5.76 Å². The molecule has 2 aromatic heterocycles. The average Bonchev–Trinajstić information content (AvgIpc) is 3.08. The van der Waals surface area contributed by atoms with Crippen LogP contribution in [-0.4, -0.2) is 28.5 Å². The Morgan fingerprint density at radius 2 is 2.53 bits per heavy atom. The summed E-state index contributed by atoms with van der Waals surface area (Å²) in [4.78, 5) is 19.3. The summed E-state index contributed by atoms with van der Waals surface area (Å²) in [5, 5.41) is 6.11. The predicted octanol–water partition coefficient (Wildman–Crippen LogP) is 0.376. The van der Waals surface area contributed by atoms with Gasteiger partial charge in [-0.05, 0) is 12.1 Å². The second kappa shape index (κ2) is 5.27. The van der Waals surface area contributed by atoms with Crippen molar-refractivity contribution in [3.8, 4) is 0 Å². The van der Waals surface area contributed by atoms with Gasteiger partial charge in [0.2, 0.25) is 5.91 Å². The number of furan rings is 1. The Morgan fingerprint density at radius 1 is 1.58 bits per heavy atom. The molecule has 0 aliphatic carbocycles. The Balaban J connectivity index is 1.49. The van der Waals surface area contributed by atoms with Gasteiger partial charge in [-0.25, -0.2) is 4.98 Å². The molecule has 2 aromatic rings. The Labute approximate surface area is 110 Å². The van der Waals surface area contributed by atoms with Crippen molar-refractivity contribution in [3.05, 3.63) is 41.9 Å². The first-order valence-electron chi connectivity index (χ1n) is 6.37. The zero-order valence-electron chi connectivity index (χ0n) is 10.5. The molecule has 3 rings (SSSR count). The van der Waals surface area contributed by atoms with Crippen LogP contribution in [0.3, 0.4) is 0 Å². The first-order valence-corrected chi connectivity index (χ1v) is 6.37. The molecule has 100 valence electrons. The number of hydrogen-bond donors (Lipinski definition) is 3. The largest absolute Gasteiger partial charge is 0.469 e. The van der Waals surface area contributed by atoms with E-state index in [-0.39, 0.29) is 11.9 Å². The molecule has 6 nitrogen and oxygen atoms in total. The van der Waals surface area contributed by atoms with E-state index in [1.54, 1.807) is 12.6 Å². The van der Waals surface area contributed by atoms with E-state index >= 15 is 0 Å². The zero-order chi connectivity index (χ0) is 13.1. The van der Waals surface area contributed by atoms with Crippen molar-refractivity contribution in [3.63, 3.8) is 0 Å². The number of carbonyl (C=O) groups is 1. The number of hydrogen-bond acceptors (Lipinski definition) is 4.